The van der Waals surface area contributed by atoms with Crippen molar-refractivity contribution < 1.29 is 14.6 Å². The topological polar surface area (TPSA) is 38.7 Å². The van der Waals surface area contributed by atoms with Crippen LogP contribution in [0.4, 0.5) is 0 Å². The van der Waals surface area contributed by atoms with E-state index in [1.807, 2.05) is 42.5 Å². The van der Waals surface area contributed by atoms with E-state index in [-0.39, 0.29) is 0 Å². The molecule has 0 saturated heterocycles. The highest BCUT2D eigenvalue weighted by Crippen LogP contribution is 2.34. The lowest BCUT2D eigenvalue weighted by atomic mass is 10.1. The first-order chi connectivity index (χ1) is 10.1. The summed E-state index contributed by atoms with van der Waals surface area (Å²) >= 11 is 3.45. The SMILES string of the molecule is CCCOc1ccccc1Oc1ccc(C(C)O)c(Br)c1. The number of halogens is 1. The van der Waals surface area contributed by atoms with Crippen LogP contribution >= 0.6 is 15.9 Å². The maximum atomic E-state index is 9.64. The molecule has 0 aliphatic rings. The summed E-state index contributed by atoms with van der Waals surface area (Å²) in [5.74, 6) is 2.11. The minimum atomic E-state index is -0.520. The Morgan fingerprint density at radius 2 is 1.86 bits per heavy atom. The molecule has 2 aromatic carbocycles. The van der Waals surface area contributed by atoms with Crippen LogP contribution < -0.4 is 9.47 Å². The van der Waals surface area contributed by atoms with Crippen molar-refractivity contribution in [3.63, 3.8) is 0 Å². The number of hydrogen-bond donors (Lipinski definition) is 1. The number of hydrogen-bond acceptors (Lipinski definition) is 3. The molecule has 1 N–H and O–H groups in total. The maximum absolute atomic E-state index is 9.64. The van der Waals surface area contributed by atoms with Crippen LogP contribution in [0.2, 0.25) is 0 Å². The summed E-state index contributed by atoms with van der Waals surface area (Å²) in [7, 11) is 0. The third-order valence-electron chi connectivity index (χ3n) is 2.96. The molecule has 21 heavy (non-hydrogen) atoms. The second kappa shape index (κ2) is 7.48. The molecule has 2 rings (SSSR count). The molecule has 1 unspecified atom stereocenters. The highest BCUT2D eigenvalue weighted by atomic mass is 79.9. The Kier molecular flexibility index (Phi) is 5.65. The van der Waals surface area contributed by atoms with Gasteiger partial charge in [-0.05, 0) is 43.2 Å². The molecule has 112 valence electrons. The molecule has 0 spiro atoms. The van der Waals surface area contributed by atoms with Gasteiger partial charge in [0.2, 0.25) is 0 Å². The second-order valence-corrected chi connectivity index (χ2v) is 5.61. The Bertz CT molecular complexity index is 596. The van der Waals surface area contributed by atoms with Gasteiger partial charge < -0.3 is 14.6 Å². The summed E-state index contributed by atoms with van der Waals surface area (Å²) in [4.78, 5) is 0. The van der Waals surface area contributed by atoms with Gasteiger partial charge in [0.25, 0.3) is 0 Å². The van der Waals surface area contributed by atoms with Crippen molar-refractivity contribution in [3.8, 4) is 17.2 Å². The molecule has 0 bridgehead atoms. The monoisotopic (exact) mass is 350 g/mol. The molecule has 0 aliphatic carbocycles. The molecule has 0 heterocycles. The van der Waals surface area contributed by atoms with Crippen molar-refractivity contribution in [1.29, 1.82) is 0 Å². The Balaban J connectivity index is 2.20. The average Bonchev–Trinajstić information content (AvgIpc) is 2.46. The first-order valence-corrected chi connectivity index (χ1v) is 7.78. The predicted molar refractivity (Wildman–Crippen MR) is 87.1 cm³/mol. The smallest absolute Gasteiger partial charge is 0.169 e. The third-order valence-corrected chi connectivity index (χ3v) is 3.65. The van der Waals surface area contributed by atoms with Gasteiger partial charge in [-0.25, -0.2) is 0 Å². The van der Waals surface area contributed by atoms with Crippen molar-refractivity contribution in [3.05, 3.63) is 52.5 Å². The number of aliphatic hydroxyl groups excluding tert-OH is 1. The first-order valence-electron chi connectivity index (χ1n) is 6.99. The summed E-state index contributed by atoms with van der Waals surface area (Å²) in [5, 5.41) is 9.64. The van der Waals surface area contributed by atoms with E-state index in [1.54, 1.807) is 6.92 Å². The average molecular weight is 351 g/mol. The molecule has 3 nitrogen and oxygen atoms in total. The zero-order valence-corrected chi connectivity index (χ0v) is 13.8. The minimum Gasteiger partial charge on any atom is -0.490 e. The molecule has 0 aliphatic heterocycles. The van der Waals surface area contributed by atoms with Crippen LogP contribution in [0, 0.1) is 0 Å². The Hall–Kier alpha value is -1.52. The van der Waals surface area contributed by atoms with Crippen LogP contribution in [-0.2, 0) is 0 Å². The molecule has 0 radical (unpaired) electrons. The lowest BCUT2D eigenvalue weighted by Gasteiger charge is -2.13. The van der Waals surface area contributed by atoms with Gasteiger partial charge in [-0.1, -0.05) is 41.1 Å². The van der Waals surface area contributed by atoms with Crippen molar-refractivity contribution in [2.24, 2.45) is 0 Å². The number of benzene rings is 2. The van der Waals surface area contributed by atoms with Crippen molar-refractivity contribution >= 4 is 15.9 Å². The van der Waals surface area contributed by atoms with E-state index in [9.17, 15) is 5.11 Å². The fourth-order valence-electron chi connectivity index (χ4n) is 1.90. The molecule has 4 heteroatoms. The van der Waals surface area contributed by atoms with Crippen LogP contribution in [0.3, 0.4) is 0 Å². The zero-order chi connectivity index (χ0) is 15.2. The van der Waals surface area contributed by atoms with Gasteiger partial charge in [-0.2, -0.15) is 0 Å². The zero-order valence-electron chi connectivity index (χ0n) is 12.2. The summed E-state index contributed by atoms with van der Waals surface area (Å²) in [5.41, 5.74) is 0.831. The van der Waals surface area contributed by atoms with Crippen LogP contribution in [0.25, 0.3) is 0 Å². The minimum absolute atomic E-state index is 0.520. The first kappa shape index (κ1) is 15.9. The number of aliphatic hydroxyl groups is 1. The Labute approximate surface area is 133 Å². The summed E-state index contributed by atoms with van der Waals surface area (Å²) in [6.45, 7) is 4.45. The maximum Gasteiger partial charge on any atom is 0.169 e. The van der Waals surface area contributed by atoms with Gasteiger partial charge in [0.15, 0.2) is 11.5 Å². The molecular formula is C17H19BrO3. The van der Waals surface area contributed by atoms with E-state index < -0.39 is 6.10 Å². The van der Waals surface area contributed by atoms with E-state index in [1.165, 1.54) is 0 Å². The van der Waals surface area contributed by atoms with E-state index in [4.69, 9.17) is 9.47 Å². The van der Waals surface area contributed by atoms with Gasteiger partial charge in [0.1, 0.15) is 5.75 Å². The molecule has 1 atom stereocenters. The summed E-state index contributed by atoms with van der Waals surface area (Å²) in [6.07, 6.45) is 0.428. The number of rotatable bonds is 6. The summed E-state index contributed by atoms with van der Waals surface area (Å²) in [6, 6.07) is 13.1. The van der Waals surface area contributed by atoms with Crippen molar-refractivity contribution in [2.75, 3.05) is 6.61 Å². The van der Waals surface area contributed by atoms with Crippen LogP contribution in [0.5, 0.6) is 17.2 Å². The Morgan fingerprint density at radius 1 is 1.14 bits per heavy atom. The Morgan fingerprint density at radius 3 is 2.48 bits per heavy atom. The third kappa shape index (κ3) is 4.22. The molecule has 0 amide bonds. The molecular weight excluding hydrogens is 332 g/mol. The van der Waals surface area contributed by atoms with E-state index >= 15 is 0 Å². The van der Waals surface area contributed by atoms with Gasteiger partial charge in [0, 0.05) is 4.47 Å². The normalized spacial score (nSPS) is 12.0. The van der Waals surface area contributed by atoms with Gasteiger partial charge in [-0.15, -0.1) is 0 Å². The highest BCUT2D eigenvalue weighted by Gasteiger charge is 2.09. The fraction of sp³-hybridized carbons (Fsp3) is 0.294. The largest absolute Gasteiger partial charge is 0.490 e. The van der Waals surface area contributed by atoms with Crippen LogP contribution in [-0.4, -0.2) is 11.7 Å². The molecule has 2 aromatic rings. The van der Waals surface area contributed by atoms with Crippen molar-refractivity contribution in [1.82, 2.24) is 0 Å². The second-order valence-electron chi connectivity index (χ2n) is 4.76. The standard InChI is InChI=1S/C17H19BrO3/c1-3-10-20-16-6-4-5-7-17(16)21-13-8-9-14(12(2)19)15(18)11-13/h4-9,11-12,19H,3,10H2,1-2H3. The molecule has 0 saturated carbocycles. The van der Waals surface area contributed by atoms with Crippen LogP contribution in [0.15, 0.2) is 46.9 Å². The highest BCUT2D eigenvalue weighted by molar-refractivity contribution is 9.10. The van der Waals surface area contributed by atoms with Crippen LogP contribution in [0.1, 0.15) is 31.9 Å². The molecule has 0 aromatic heterocycles. The van der Waals surface area contributed by atoms with Gasteiger partial charge in [-0.3, -0.25) is 0 Å². The predicted octanol–water partition coefficient (Wildman–Crippen LogP) is 5.08. The quantitative estimate of drug-likeness (QED) is 0.788. The van der Waals surface area contributed by atoms with Gasteiger partial charge in [0.05, 0.1) is 12.7 Å². The number of ether oxygens (including phenoxy) is 2. The van der Waals surface area contributed by atoms with E-state index in [0.717, 1.165) is 22.2 Å². The number of para-hydroxylation sites is 2. The molecule has 0 fully saturated rings. The fourth-order valence-corrected chi connectivity index (χ4v) is 2.59. The van der Waals surface area contributed by atoms with Gasteiger partial charge >= 0.3 is 0 Å². The summed E-state index contributed by atoms with van der Waals surface area (Å²) < 4.78 is 12.4. The van der Waals surface area contributed by atoms with E-state index in [0.29, 0.717) is 18.1 Å². The van der Waals surface area contributed by atoms with Crippen molar-refractivity contribution in [2.45, 2.75) is 26.4 Å². The lowest BCUT2D eigenvalue weighted by Crippen LogP contribution is -1.97. The van der Waals surface area contributed by atoms with E-state index in [2.05, 4.69) is 22.9 Å². The lowest BCUT2D eigenvalue weighted by molar-refractivity contribution is 0.198.